The topological polar surface area (TPSA) is 24.1 Å². The fraction of sp³-hybridized carbons (Fsp3) is 1.00. The molecule has 2 rings (SSSR count). The molecule has 2 atom stereocenters. The molecule has 1 saturated carbocycles. The molecule has 2 unspecified atom stereocenters. The molecule has 2 N–H and O–H groups in total. The van der Waals surface area contributed by atoms with Crippen molar-refractivity contribution in [2.24, 2.45) is 5.92 Å². The van der Waals surface area contributed by atoms with E-state index in [-0.39, 0.29) is 0 Å². The lowest BCUT2D eigenvalue weighted by atomic mass is 10.0. The second-order valence-electron chi connectivity index (χ2n) is 3.98. The van der Waals surface area contributed by atoms with Gasteiger partial charge in [-0.05, 0) is 45.2 Å². The Morgan fingerprint density at radius 3 is 2.73 bits per heavy atom. The van der Waals surface area contributed by atoms with Crippen LogP contribution in [-0.4, -0.2) is 25.2 Å². The minimum Gasteiger partial charge on any atom is -0.316 e. The molecule has 0 radical (unpaired) electrons. The molecule has 64 valence electrons. The molecule has 0 amide bonds. The predicted octanol–water partition coefficient (Wildman–Crippen LogP) is 0.736. The summed E-state index contributed by atoms with van der Waals surface area (Å²) in [5.74, 6) is 0.885. The molecule has 1 saturated heterocycles. The monoisotopic (exact) mass is 154 g/mol. The molecule has 2 heteroatoms. The maximum absolute atomic E-state index is 3.66. The lowest BCUT2D eigenvalue weighted by Gasteiger charge is -2.19. The first-order valence-corrected chi connectivity index (χ1v) is 4.83. The summed E-state index contributed by atoms with van der Waals surface area (Å²) >= 11 is 0. The van der Waals surface area contributed by atoms with Crippen LogP contribution >= 0.6 is 0 Å². The Kier molecular flexibility index (Phi) is 2.14. The Morgan fingerprint density at radius 2 is 2.18 bits per heavy atom. The number of hydrogen-bond acceptors (Lipinski definition) is 2. The minimum atomic E-state index is 0.734. The van der Waals surface area contributed by atoms with Crippen molar-refractivity contribution in [3.05, 3.63) is 0 Å². The van der Waals surface area contributed by atoms with Crippen molar-refractivity contribution in [1.82, 2.24) is 10.6 Å². The van der Waals surface area contributed by atoms with Gasteiger partial charge in [0.25, 0.3) is 0 Å². The molecule has 0 bridgehead atoms. The highest BCUT2D eigenvalue weighted by molar-refractivity contribution is 4.88. The second-order valence-corrected chi connectivity index (χ2v) is 3.98. The van der Waals surface area contributed by atoms with E-state index in [1.807, 2.05) is 0 Å². The van der Waals surface area contributed by atoms with Gasteiger partial charge in [0, 0.05) is 12.1 Å². The molecular weight excluding hydrogens is 136 g/mol. The van der Waals surface area contributed by atoms with Gasteiger partial charge in [-0.25, -0.2) is 0 Å². The van der Waals surface area contributed by atoms with Gasteiger partial charge < -0.3 is 10.6 Å². The van der Waals surface area contributed by atoms with Crippen LogP contribution in [0.3, 0.4) is 0 Å². The lowest BCUT2D eigenvalue weighted by Crippen LogP contribution is -2.35. The number of nitrogens with one attached hydrogen (secondary N) is 2. The zero-order valence-electron chi connectivity index (χ0n) is 7.27. The largest absolute Gasteiger partial charge is 0.316 e. The van der Waals surface area contributed by atoms with E-state index in [2.05, 4.69) is 17.6 Å². The van der Waals surface area contributed by atoms with E-state index in [1.165, 1.54) is 32.4 Å². The fourth-order valence-corrected chi connectivity index (χ4v) is 1.86. The van der Waals surface area contributed by atoms with Crippen LogP contribution < -0.4 is 10.6 Å². The average molecular weight is 154 g/mol. The van der Waals surface area contributed by atoms with Gasteiger partial charge in [-0.3, -0.25) is 0 Å². The van der Waals surface area contributed by atoms with Crippen molar-refractivity contribution in [1.29, 1.82) is 0 Å². The molecule has 0 aromatic heterocycles. The lowest BCUT2D eigenvalue weighted by molar-refractivity contribution is 0.397. The van der Waals surface area contributed by atoms with E-state index in [1.54, 1.807) is 0 Å². The summed E-state index contributed by atoms with van der Waals surface area (Å²) in [6.07, 6.45) is 4.18. The average Bonchev–Trinajstić information content (AvgIpc) is 2.67. The van der Waals surface area contributed by atoms with Gasteiger partial charge in [-0.1, -0.05) is 0 Å². The first-order chi connectivity index (χ1) is 5.36. The third kappa shape index (κ3) is 1.94. The molecular formula is C9H18N2. The van der Waals surface area contributed by atoms with E-state index < -0.39 is 0 Å². The van der Waals surface area contributed by atoms with E-state index >= 15 is 0 Å². The summed E-state index contributed by atoms with van der Waals surface area (Å²) in [5.41, 5.74) is 0. The fourth-order valence-electron chi connectivity index (χ4n) is 1.86. The van der Waals surface area contributed by atoms with Crippen LogP contribution in [0.5, 0.6) is 0 Å². The van der Waals surface area contributed by atoms with E-state index in [9.17, 15) is 0 Å². The molecule has 2 fully saturated rings. The molecule has 0 spiro atoms. The van der Waals surface area contributed by atoms with Crippen LogP contribution in [0.15, 0.2) is 0 Å². The van der Waals surface area contributed by atoms with Gasteiger partial charge in [-0.15, -0.1) is 0 Å². The molecule has 1 heterocycles. The van der Waals surface area contributed by atoms with E-state index in [0.29, 0.717) is 0 Å². The highest BCUT2D eigenvalue weighted by Gasteiger charge is 2.27. The van der Waals surface area contributed by atoms with Crippen molar-refractivity contribution in [2.75, 3.05) is 13.1 Å². The van der Waals surface area contributed by atoms with Crippen LogP contribution in [0, 0.1) is 5.92 Å². The van der Waals surface area contributed by atoms with Gasteiger partial charge in [0.1, 0.15) is 0 Å². The highest BCUT2D eigenvalue weighted by atomic mass is 15.0. The van der Waals surface area contributed by atoms with Crippen LogP contribution in [0.1, 0.15) is 26.2 Å². The zero-order chi connectivity index (χ0) is 7.68. The quantitative estimate of drug-likeness (QED) is 0.626. The Balaban J connectivity index is 1.73. The van der Waals surface area contributed by atoms with Crippen LogP contribution in [0.2, 0.25) is 0 Å². The van der Waals surface area contributed by atoms with Crippen molar-refractivity contribution in [2.45, 2.75) is 38.3 Å². The molecule has 1 aliphatic carbocycles. The predicted molar refractivity (Wildman–Crippen MR) is 46.6 cm³/mol. The Labute approximate surface area is 68.7 Å². The third-order valence-electron chi connectivity index (χ3n) is 2.88. The molecule has 2 nitrogen and oxygen atoms in total. The van der Waals surface area contributed by atoms with Crippen molar-refractivity contribution >= 4 is 0 Å². The smallest absolute Gasteiger partial charge is 0.00821 e. The van der Waals surface area contributed by atoms with Gasteiger partial charge >= 0.3 is 0 Å². The van der Waals surface area contributed by atoms with Gasteiger partial charge in [0.2, 0.25) is 0 Å². The first kappa shape index (κ1) is 7.56. The normalized spacial score (nSPS) is 34.1. The summed E-state index contributed by atoms with van der Waals surface area (Å²) in [6, 6.07) is 1.60. The minimum absolute atomic E-state index is 0.734. The molecule has 0 aromatic carbocycles. The van der Waals surface area contributed by atoms with Crippen LogP contribution in [0.25, 0.3) is 0 Å². The summed E-state index contributed by atoms with van der Waals surface area (Å²) in [5, 5.41) is 7.06. The maximum atomic E-state index is 3.66. The van der Waals surface area contributed by atoms with E-state index in [0.717, 1.165) is 18.0 Å². The van der Waals surface area contributed by atoms with Crippen LogP contribution in [-0.2, 0) is 0 Å². The Morgan fingerprint density at radius 1 is 1.36 bits per heavy atom. The maximum Gasteiger partial charge on any atom is 0.00821 e. The summed E-state index contributed by atoms with van der Waals surface area (Å²) in [6.45, 7) is 4.78. The van der Waals surface area contributed by atoms with Gasteiger partial charge in [0.05, 0.1) is 0 Å². The van der Waals surface area contributed by atoms with Crippen molar-refractivity contribution in [3.8, 4) is 0 Å². The van der Waals surface area contributed by atoms with E-state index in [4.69, 9.17) is 0 Å². The van der Waals surface area contributed by atoms with Crippen molar-refractivity contribution < 1.29 is 0 Å². The molecule has 11 heavy (non-hydrogen) atoms. The second kappa shape index (κ2) is 3.11. The SMILES string of the molecule is CC(NC1CC1)C1CCNC1. The molecule has 1 aliphatic heterocycles. The standard InChI is InChI=1S/C9H18N2/c1-7(11-9-2-3-9)8-4-5-10-6-8/h7-11H,2-6H2,1H3. The number of hydrogen-bond donors (Lipinski definition) is 2. The third-order valence-corrected chi connectivity index (χ3v) is 2.88. The van der Waals surface area contributed by atoms with Crippen LogP contribution in [0.4, 0.5) is 0 Å². The first-order valence-electron chi connectivity index (χ1n) is 4.83. The van der Waals surface area contributed by atoms with Crippen molar-refractivity contribution in [3.63, 3.8) is 0 Å². The van der Waals surface area contributed by atoms with Gasteiger partial charge in [-0.2, -0.15) is 0 Å². The van der Waals surface area contributed by atoms with Gasteiger partial charge in [0.15, 0.2) is 0 Å². The number of rotatable bonds is 3. The summed E-state index contributed by atoms with van der Waals surface area (Å²) in [4.78, 5) is 0. The molecule has 0 aromatic rings. The summed E-state index contributed by atoms with van der Waals surface area (Å²) in [7, 11) is 0. The molecule has 2 aliphatic rings. The Bertz CT molecular complexity index is 126. The Hall–Kier alpha value is -0.0800. The summed E-state index contributed by atoms with van der Waals surface area (Å²) < 4.78 is 0. The highest BCUT2D eigenvalue weighted by Crippen LogP contribution is 2.22. The zero-order valence-corrected chi connectivity index (χ0v) is 7.27.